The summed E-state index contributed by atoms with van der Waals surface area (Å²) in [7, 11) is 0. The van der Waals surface area contributed by atoms with Gasteiger partial charge in [0.25, 0.3) is 0 Å². The number of rotatable bonds is 6. The maximum atomic E-state index is 10.9. The summed E-state index contributed by atoms with van der Waals surface area (Å²) in [5, 5.41) is 3.34. The van der Waals surface area contributed by atoms with Gasteiger partial charge in [-0.3, -0.25) is 4.79 Å². The lowest BCUT2D eigenvalue weighted by Gasteiger charge is -2.24. The lowest BCUT2D eigenvalue weighted by Crippen LogP contribution is -2.42. The van der Waals surface area contributed by atoms with Crippen LogP contribution in [0.15, 0.2) is 29.2 Å². The Labute approximate surface area is 107 Å². The molecule has 0 saturated carbocycles. The summed E-state index contributed by atoms with van der Waals surface area (Å²) < 4.78 is 0. The zero-order valence-electron chi connectivity index (χ0n) is 10.6. The number of nitrogens with two attached hydrogens (primary N) is 1. The first-order chi connectivity index (χ1) is 7.93. The summed E-state index contributed by atoms with van der Waals surface area (Å²) in [6, 6.07) is 8.39. The molecule has 0 aliphatic rings. The van der Waals surface area contributed by atoms with Crippen LogP contribution in [-0.2, 0) is 11.3 Å². The Morgan fingerprint density at radius 3 is 2.41 bits per heavy atom. The van der Waals surface area contributed by atoms with E-state index < -0.39 is 0 Å². The molecule has 94 valence electrons. The second kappa shape index (κ2) is 6.07. The molecule has 0 radical (unpaired) electrons. The average Bonchev–Trinajstić information content (AvgIpc) is 2.25. The van der Waals surface area contributed by atoms with Crippen LogP contribution in [0.3, 0.4) is 0 Å². The molecule has 1 aromatic rings. The number of carbonyl (C=O) groups excluding carboxylic acids is 1. The predicted octanol–water partition coefficient (Wildman–Crippen LogP) is 2.15. The van der Waals surface area contributed by atoms with Crippen LogP contribution in [0.5, 0.6) is 0 Å². The number of nitrogens with one attached hydrogen (secondary N) is 1. The number of hydrogen-bond donors (Lipinski definition) is 2. The van der Waals surface area contributed by atoms with Gasteiger partial charge in [-0.2, -0.15) is 0 Å². The fraction of sp³-hybridized carbons (Fsp3) is 0.462. The average molecular weight is 252 g/mol. The first kappa shape index (κ1) is 14.1. The Hall–Kier alpha value is -1.00. The second-order valence-corrected chi connectivity index (χ2v) is 5.61. The van der Waals surface area contributed by atoms with Crippen molar-refractivity contribution >= 4 is 17.7 Å². The van der Waals surface area contributed by atoms with E-state index in [9.17, 15) is 4.79 Å². The van der Waals surface area contributed by atoms with Gasteiger partial charge in [-0.05, 0) is 37.8 Å². The fourth-order valence-corrected chi connectivity index (χ4v) is 1.99. The smallest absolute Gasteiger partial charge is 0.219 e. The standard InChI is InChI=1S/C13H20N2OS/c1-13(2,8-12(14)16)15-9-10-4-6-11(17-3)7-5-10/h4-7,15H,8-9H2,1-3H3,(H2,14,16). The van der Waals surface area contributed by atoms with Crippen molar-refractivity contribution in [2.45, 2.75) is 37.2 Å². The first-order valence-electron chi connectivity index (χ1n) is 5.59. The molecule has 0 aliphatic carbocycles. The Morgan fingerprint density at radius 1 is 1.35 bits per heavy atom. The zero-order chi connectivity index (χ0) is 12.9. The van der Waals surface area contributed by atoms with Crippen molar-refractivity contribution in [3.05, 3.63) is 29.8 Å². The van der Waals surface area contributed by atoms with Gasteiger partial charge in [0.15, 0.2) is 0 Å². The number of primary amides is 1. The van der Waals surface area contributed by atoms with Gasteiger partial charge in [0.2, 0.25) is 5.91 Å². The van der Waals surface area contributed by atoms with Gasteiger partial charge in [0, 0.05) is 23.4 Å². The molecule has 17 heavy (non-hydrogen) atoms. The topological polar surface area (TPSA) is 55.1 Å². The van der Waals surface area contributed by atoms with E-state index in [-0.39, 0.29) is 11.4 Å². The largest absolute Gasteiger partial charge is 0.370 e. The highest BCUT2D eigenvalue weighted by Gasteiger charge is 2.19. The molecule has 1 aromatic carbocycles. The van der Waals surface area contributed by atoms with Crippen LogP contribution in [0.4, 0.5) is 0 Å². The highest BCUT2D eigenvalue weighted by Crippen LogP contribution is 2.15. The minimum Gasteiger partial charge on any atom is -0.370 e. The summed E-state index contributed by atoms with van der Waals surface area (Å²) in [5.74, 6) is -0.278. The first-order valence-corrected chi connectivity index (χ1v) is 6.82. The molecule has 0 saturated heterocycles. The number of thioether (sulfide) groups is 1. The normalized spacial score (nSPS) is 11.5. The van der Waals surface area contributed by atoms with E-state index in [4.69, 9.17) is 5.73 Å². The number of hydrogen-bond acceptors (Lipinski definition) is 3. The monoisotopic (exact) mass is 252 g/mol. The van der Waals surface area contributed by atoms with Gasteiger partial charge in [0.05, 0.1) is 0 Å². The molecule has 0 unspecified atom stereocenters. The van der Waals surface area contributed by atoms with Crippen molar-refractivity contribution in [2.24, 2.45) is 5.73 Å². The summed E-state index contributed by atoms with van der Waals surface area (Å²) in [5.41, 5.74) is 6.15. The molecule has 3 nitrogen and oxygen atoms in total. The van der Waals surface area contributed by atoms with Gasteiger partial charge in [-0.15, -0.1) is 11.8 Å². The Balaban J connectivity index is 2.51. The number of amides is 1. The molecule has 0 bridgehead atoms. The van der Waals surface area contributed by atoms with Crippen molar-refractivity contribution < 1.29 is 4.79 Å². The lowest BCUT2D eigenvalue weighted by atomic mass is 10.00. The van der Waals surface area contributed by atoms with Gasteiger partial charge < -0.3 is 11.1 Å². The summed E-state index contributed by atoms with van der Waals surface area (Å²) >= 11 is 1.73. The molecular weight excluding hydrogens is 232 g/mol. The SMILES string of the molecule is CSc1ccc(CNC(C)(C)CC(N)=O)cc1. The summed E-state index contributed by atoms with van der Waals surface area (Å²) in [6.07, 6.45) is 2.40. The second-order valence-electron chi connectivity index (χ2n) is 4.73. The van der Waals surface area contributed by atoms with Gasteiger partial charge in [0.1, 0.15) is 0 Å². The van der Waals surface area contributed by atoms with Crippen molar-refractivity contribution in [1.29, 1.82) is 0 Å². The van der Waals surface area contributed by atoms with Gasteiger partial charge >= 0.3 is 0 Å². The maximum Gasteiger partial charge on any atom is 0.219 e. The Kier molecular flexibility index (Phi) is 5.02. The van der Waals surface area contributed by atoms with Crippen LogP contribution >= 0.6 is 11.8 Å². The molecule has 0 aliphatic heterocycles. The predicted molar refractivity (Wildman–Crippen MR) is 73.0 cm³/mol. The Bertz CT molecular complexity index is 374. The number of benzene rings is 1. The van der Waals surface area contributed by atoms with E-state index in [2.05, 4.69) is 35.8 Å². The van der Waals surface area contributed by atoms with Crippen LogP contribution in [-0.4, -0.2) is 17.7 Å². The van der Waals surface area contributed by atoms with Crippen molar-refractivity contribution in [1.82, 2.24) is 5.32 Å². The van der Waals surface area contributed by atoms with Crippen LogP contribution in [0.1, 0.15) is 25.8 Å². The molecule has 3 N–H and O–H groups in total. The molecule has 0 aromatic heterocycles. The molecule has 1 amide bonds. The summed E-state index contributed by atoms with van der Waals surface area (Å²) in [4.78, 5) is 12.1. The van der Waals surface area contributed by atoms with E-state index in [1.54, 1.807) is 11.8 Å². The quantitative estimate of drug-likeness (QED) is 0.763. The summed E-state index contributed by atoms with van der Waals surface area (Å²) in [6.45, 7) is 4.71. The highest BCUT2D eigenvalue weighted by molar-refractivity contribution is 7.98. The maximum absolute atomic E-state index is 10.9. The van der Waals surface area contributed by atoms with Crippen molar-refractivity contribution in [2.75, 3.05) is 6.26 Å². The lowest BCUT2D eigenvalue weighted by molar-refractivity contribution is -0.119. The number of carbonyl (C=O) groups is 1. The highest BCUT2D eigenvalue weighted by atomic mass is 32.2. The van der Waals surface area contributed by atoms with E-state index >= 15 is 0 Å². The van der Waals surface area contributed by atoms with E-state index in [1.807, 2.05) is 13.8 Å². The third-order valence-electron chi connectivity index (χ3n) is 2.55. The van der Waals surface area contributed by atoms with Crippen LogP contribution in [0.25, 0.3) is 0 Å². The molecule has 4 heteroatoms. The van der Waals surface area contributed by atoms with E-state index in [0.29, 0.717) is 6.42 Å². The molecular formula is C13H20N2OS. The minimum absolute atomic E-state index is 0.260. The van der Waals surface area contributed by atoms with Crippen molar-refractivity contribution in [3.8, 4) is 0 Å². The van der Waals surface area contributed by atoms with Crippen LogP contribution in [0, 0.1) is 0 Å². The third-order valence-corrected chi connectivity index (χ3v) is 3.29. The molecule has 0 atom stereocenters. The van der Waals surface area contributed by atoms with Crippen molar-refractivity contribution in [3.63, 3.8) is 0 Å². The molecule has 0 fully saturated rings. The van der Waals surface area contributed by atoms with Gasteiger partial charge in [-0.25, -0.2) is 0 Å². The zero-order valence-corrected chi connectivity index (χ0v) is 11.4. The molecule has 0 spiro atoms. The van der Waals surface area contributed by atoms with E-state index in [1.165, 1.54) is 10.5 Å². The molecule has 1 rings (SSSR count). The fourth-order valence-electron chi connectivity index (χ4n) is 1.58. The molecule has 0 heterocycles. The third kappa shape index (κ3) is 5.24. The van der Waals surface area contributed by atoms with Crippen LogP contribution < -0.4 is 11.1 Å². The van der Waals surface area contributed by atoms with Gasteiger partial charge in [-0.1, -0.05) is 12.1 Å². The van der Waals surface area contributed by atoms with E-state index in [0.717, 1.165) is 6.54 Å². The minimum atomic E-state index is -0.278. The Morgan fingerprint density at radius 2 is 1.94 bits per heavy atom. The van der Waals surface area contributed by atoms with Crippen LogP contribution in [0.2, 0.25) is 0 Å².